The van der Waals surface area contributed by atoms with Crippen LogP contribution in [0.4, 0.5) is 0 Å². The van der Waals surface area contributed by atoms with E-state index >= 15 is 0 Å². The second kappa shape index (κ2) is 8.60. The molecule has 1 atom stereocenters. The minimum absolute atomic E-state index is 0.475. The zero-order chi connectivity index (χ0) is 17.5. The van der Waals surface area contributed by atoms with Gasteiger partial charge in [0, 0.05) is 18.7 Å². The van der Waals surface area contributed by atoms with Crippen molar-refractivity contribution in [2.45, 2.75) is 25.3 Å². The predicted octanol–water partition coefficient (Wildman–Crippen LogP) is 3.58. The molecule has 0 aliphatic carbocycles. The third-order valence-electron chi connectivity index (χ3n) is 4.75. The third kappa shape index (κ3) is 4.78. The van der Waals surface area contributed by atoms with Crippen molar-refractivity contribution in [1.29, 1.82) is 0 Å². The van der Waals surface area contributed by atoms with Gasteiger partial charge in [0.05, 0.1) is 0 Å². The first-order valence-corrected chi connectivity index (χ1v) is 8.76. The highest BCUT2D eigenvalue weighted by Gasteiger charge is 2.25. The summed E-state index contributed by atoms with van der Waals surface area (Å²) in [7, 11) is 0. The Hall–Kier alpha value is -2.43. The molecule has 1 aliphatic heterocycles. The number of hydroxylamine groups is 1. The number of nitrogens with one attached hydrogen (secondary N) is 1. The van der Waals surface area contributed by atoms with Crippen LogP contribution in [0.15, 0.2) is 60.7 Å². The summed E-state index contributed by atoms with van der Waals surface area (Å²) in [6, 6.07) is 19.4. The average molecular weight is 336 g/mol. The molecule has 0 saturated carbocycles. The van der Waals surface area contributed by atoms with Crippen LogP contribution in [0.2, 0.25) is 0 Å². The minimum atomic E-state index is -0.521. The van der Waals surface area contributed by atoms with Crippen LogP contribution in [-0.2, 0) is 11.2 Å². The Bertz CT molecular complexity index is 710. The van der Waals surface area contributed by atoms with Crippen molar-refractivity contribution in [3.8, 4) is 0 Å². The van der Waals surface area contributed by atoms with Gasteiger partial charge < -0.3 is 0 Å². The van der Waals surface area contributed by atoms with Gasteiger partial charge in [0.2, 0.25) is 0 Å². The first kappa shape index (κ1) is 17.4. The smallest absolute Gasteiger partial charge is 0.267 e. The molecule has 1 fully saturated rings. The Morgan fingerprint density at radius 1 is 1.16 bits per heavy atom. The molecule has 0 aromatic heterocycles. The van der Waals surface area contributed by atoms with E-state index in [1.54, 1.807) is 11.6 Å². The van der Waals surface area contributed by atoms with Crippen molar-refractivity contribution in [3.05, 3.63) is 77.4 Å². The van der Waals surface area contributed by atoms with Crippen LogP contribution in [0.25, 0.3) is 6.08 Å². The minimum Gasteiger partial charge on any atom is -0.296 e. The summed E-state index contributed by atoms with van der Waals surface area (Å²) in [5.41, 5.74) is 5.25. The number of rotatable bonds is 6. The lowest BCUT2D eigenvalue weighted by Crippen LogP contribution is -2.25. The number of amides is 1. The van der Waals surface area contributed by atoms with Gasteiger partial charge in [0.1, 0.15) is 0 Å². The number of carbonyl (C=O) groups is 1. The van der Waals surface area contributed by atoms with Gasteiger partial charge in [0.25, 0.3) is 5.91 Å². The molecule has 2 aromatic carbocycles. The monoisotopic (exact) mass is 336 g/mol. The standard InChI is InChI=1S/C21H24N2O2/c24-21(22-25)13-10-18-8-11-19(12-9-18)20-7-4-15-23(20)16-14-17-5-2-1-3-6-17/h1-3,5-6,8-13,20,25H,4,7,14-16H2,(H,22,24). The lowest BCUT2D eigenvalue weighted by Gasteiger charge is -2.25. The molecule has 4 nitrogen and oxygen atoms in total. The molecule has 1 saturated heterocycles. The van der Waals surface area contributed by atoms with E-state index in [9.17, 15) is 4.79 Å². The van der Waals surface area contributed by atoms with E-state index in [1.807, 2.05) is 12.1 Å². The van der Waals surface area contributed by atoms with Crippen LogP contribution in [0.3, 0.4) is 0 Å². The fraction of sp³-hybridized carbons (Fsp3) is 0.286. The number of carbonyl (C=O) groups excluding carboxylic acids is 1. The molecular formula is C21H24N2O2. The first-order valence-electron chi connectivity index (χ1n) is 8.76. The molecule has 1 unspecified atom stereocenters. The van der Waals surface area contributed by atoms with Crippen LogP contribution in [-0.4, -0.2) is 29.1 Å². The number of hydrogen-bond donors (Lipinski definition) is 2. The van der Waals surface area contributed by atoms with Crippen molar-refractivity contribution < 1.29 is 10.0 Å². The summed E-state index contributed by atoms with van der Waals surface area (Å²) in [4.78, 5) is 13.6. The Morgan fingerprint density at radius 2 is 1.92 bits per heavy atom. The van der Waals surface area contributed by atoms with Crippen molar-refractivity contribution >= 4 is 12.0 Å². The van der Waals surface area contributed by atoms with Crippen molar-refractivity contribution in [3.63, 3.8) is 0 Å². The van der Waals surface area contributed by atoms with Gasteiger partial charge in [-0.2, -0.15) is 0 Å². The molecule has 1 amide bonds. The summed E-state index contributed by atoms with van der Waals surface area (Å²) in [5.74, 6) is -0.521. The predicted molar refractivity (Wildman–Crippen MR) is 99.1 cm³/mol. The molecule has 130 valence electrons. The second-order valence-electron chi connectivity index (χ2n) is 6.41. The lowest BCUT2D eigenvalue weighted by atomic mass is 10.0. The topological polar surface area (TPSA) is 52.6 Å². The van der Waals surface area contributed by atoms with Crippen LogP contribution in [0, 0.1) is 0 Å². The molecule has 0 bridgehead atoms. The summed E-state index contributed by atoms with van der Waals surface area (Å²) >= 11 is 0. The fourth-order valence-corrected chi connectivity index (χ4v) is 3.43. The van der Waals surface area contributed by atoms with Crippen LogP contribution in [0.1, 0.15) is 35.6 Å². The van der Waals surface area contributed by atoms with Gasteiger partial charge in [-0.3, -0.25) is 14.9 Å². The molecule has 0 spiro atoms. The molecule has 4 heteroatoms. The third-order valence-corrected chi connectivity index (χ3v) is 4.75. The zero-order valence-electron chi connectivity index (χ0n) is 14.3. The van der Waals surface area contributed by atoms with Gasteiger partial charge in [-0.05, 0) is 48.6 Å². The quantitative estimate of drug-likeness (QED) is 0.481. The summed E-state index contributed by atoms with van der Waals surface area (Å²) in [6.07, 6.45) is 6.51. The fourth-order valence-electron chi connectivity index (χ4n) is 3.43. The van der Waals surface area contributed by atoms with Crippen molar-refractivity contribution in [2.75, 3.05) is 13.1 Å². The largest absolute Gasteiger partial charge is 0.296 e. The molecule has 1 heterocycles. The maximum Gasteiger partial charge on any atom is 0.267 e. The number of nitrogens with zero attached hydrogens (tertiary/aromatic N) is 1. The SMILES string of the molecule is O=C(C=Cc1ccc(C2CCCN2CCc2ccccc2)cc1)NO. The maximum absolute atomic E-state index is 11.0. The maximum atomic E-state index is 11.0. The molecule has 0 radical (unpaired) electrons. The van der Waals surface area contributed by atoms with Gasteiger partial charge in [-0.1, -0.05) is 54.6 Å². The first-order chi connectivity index (χ1) is 12.3. The van der Waals surface area contributed by atoms with Crippen molar-refractivity contribution in [2.24, 2.45) is 0 Å². The van der Waals surface area contributed by atoms with E-state index < -0.39 is 5.91 Å². The lowest BCUT2D eigenvalue weighted by molar-refractivity contribution is -0.124. The van der Waals surface area contributed by atoms with Gasteiger partial charge in [-0.25, -0.2) is 5.48 Å². The van der Waals surface area contributed by atoms with Gasteiger partial charge >= 0.3 is 0 Å². The average Bonchev–Trinajstić information content (AvgIpc) is 3.14. The van der Waals surface area contributed by atoms with Crippen LogP contribution < -0.4 is 5.48 Å². The van der Waals surface area contributed by atoms with E-state index in [-0.39, 0.29) is 0 Å². The normalized spacial score (nSPS) is 17.9. The van der Waals surface area contributed by atoms with Crippen molar-refractivity contribution in [1.82, 2.24) is 10.4 Å². The summed E-state index contributed by atoms with van der Waals surface area (Å²) in [6.45, 7) is 2.23. The summed E-state index contributed by atoms with van der Waals surface area (Å²) < 4.78 is 0. The Labute approximate surface area is 148 Å². The molecular weight excluding hydrogens is 312 g/mol. The van der Waals surface area contributed by atoms with Crippen LogP contribution >= 0.6 is 0 Å². The van der Waals surface area contributed by atoms with Gasteiger partial charge in [-0.15, -0.1) is 0 Å². The molecule has 2 aromatic rings. The number of benzene rings is 2. The van der Waals surface area contributed by atoms with E-state index in [0.29, 0.717) is 6.04 Å². The highest BCUT2D eigenvalue weighted by Crippen LogP contribution is 2.32. The Morgan fingerprint density at radius 3 is 2.64 bits per heavy atom. The number of hydrogen-bond acceptors (Lipinski definition) is 3. The summed E-state index contributed by atoms with van der Waals surface area (Å²) in [5, 5.41) is 8.51. The van der Waals surface area contributed by atoms with E-state index in [2.05, 4.69) is 47.4 Å². The van der Waals surface area contributed by atoms with E-state index in [0.717, 1.165) is 25.1 Å². The highest BCUT2D eigenvalue weighted by molar-refractivity contribution is 5.90. The van der Waals surface area contributed by atoms with Crippen LogP contribution in [0.5, 0.6) is 0 Å². The second-order valence-corrected chi connectivity index (χ2v) is 6.41. The Balaban J connectivity index is 1.61. The highest BCUT2D eigenvalue weighted by atomic mass is 16.5. The molecule has 3 rings (SSSR count). The Kier molecular flexibility index (Phi) is 5.99. The number of likely N-dealkylation sites (tertiary alicyclic amines) is 1. The van der Waals surface area contributed by atoms with Gasteiger partial charge in [0.15, 0.2) is 0 Å². The molecule has 25 heavy (non-hydrogen) atoms. The van der Waals surface area contributed by atoms with E-state index in [4.69, 9.17) is 5.21 Å². The zero-order valence-corrected chi connectivity index (χ0v) is 14.3. The van der Waals surface area contributed by atoms with E-state index in [1.165, 1.54) is 30.0 Å². The molecule has 1 aliphatic rings. The molecule has 2 N–H and O–H groups in total.